The summed E-state index contributed by atoms with van der Waals surface area (Å²) in [6.45, 7) is 7.29. The first-order valence-electron chi connectivity index (χ1n) is 8.74. The van der Waals surface area contributed by atoms with Gasteiger partial charge >= 0.3 is 0 Å². The highest BCUT2D eigenvalue weighted by Crippen LogP contribution is 2.26. The highest BCUT2D eigenvalue weighted by molar-refractivity contribution is 5.94. The normalized spacial score (nSPS) is 18.7. The first-order chi connectivity index (χ1) is 11.3. The Labute approximate surface area is 138 Å². The molecule has 2 aliphatic heterocycles. The molecule has 2 heterocycles. The van der Waals surface area contributed by atoms with E-state index in [9.17, 15) is 4.79 Å². The molecule has 2 aliphatic rings. The number of anilines is 1. The first kappa shape index (κ1) is 16.4. The SMILES string of the molecule is O=C(CCNCCN1CCOCC1)N1CCCc2ccccc21. The predicted molar refractivity (Wildman–Crippen MR) is 91.9 cm³/mol. The van der Waals surface area contributed by atoms with Crippen molar-refractivity contribution < 1.29 is 9.53 Å². The number of hydrogen-bond acceptors (Lipinski definition) is 4. The monoisotopic (exact) mass is 317 g/mol. The number of morpholine rings is 1. The molecule has 1 saturated heterocycles. The highest BCUT2D eigenvalue weighted by Gasteiger charge is 2.21. The molecule has 1 aromatic carbocycles. The zero-order valence-electron chi connectivity index (χ0n) is 13.8. The van der Waals surface area contributed by atoms with Crippen molar-refractivity contribution in [3.8, 4) is 0 Å². The van der Waals surface area contributed by atoms with Gasteiger partial charge in [0.15, 0.2) is 0 Å². The Bertz CT molecular complexity index is 515. The van der Waals surface area contributed by atoms with Crippen LogP contribution in [-0.4, -0.2) is 63.3 Å². The van der Waals surface area contributed by atoms with Gasteiger partial charge in [-0.05, 0) is 24.5 Å². The van der Waals surface area contributed by atoms with E-state index < -0.39 is 0 Å². The van der Waals surface area contributed by atoms with Crippen molar-refractivity contribution in [3.63, 3.8) is 0 Å². The average Bonchev–Trinajstić information content (AvgIpc) is 2.61. The molecule has 0 radical (unpaired) electrons. The third-order valence-electron chi connectivity index (χ3n) is 4.64. The lowest BCUT2D eigenvalue weighted by Crippen LogP contribution is -2.41. The zero-order chi connectivity index (χ0) is 15.9. The molecule has 5 heteroatoms. The fourth-order valence-corrected chi connectivity index (χ4v) is 3.31. The molecule has 1 aromatic rings. The number of carbonyl (C=O) groups is 1. The lowest BCUT2D eigenvalue weighted by molar-refractivity contribution is -0.118. The Morgan fingerprint density at radius 1 is 1.13 bits per heavy atom. The lowest BCUT2D eigenvalue weighted by Gasteiger charge is -2.29. The fourth-order valence-electron chi connectivity index (χ4n) is 3.31. The fraction of sp³-hybridized carbons (Fsp3) is 0.611. The quantitative estimate of drug-likeness (QED) is 0.803. The molecule has 3 rings (SSSR count). The van der Waals surface area contributed by atoms with Crippen molar-refractivity contribution >= 4 is 11.6 Å². The summed E-state index contributed by atoms with van der Waals surface area (Å²) in [6.07, 6.45) is 2.71. The number of benzene rings is 1. The van der Waals surface area contributed by atoms with Crippen molar-refractivity contribution in [2.24, 2.45) is 0 Å². The number of fused-ring (bicyclic) bond motifs is 1. The molecule has 0 aliphatic carbocycles. The summed E-state index contributed by atoms with van der Waals surface area (Å²) in [4.78, 5) is 16.8. The molecule has 0 atom stereocenters. The maximum atomic E-state index is 12.5. The topological polar surface area (TPSA) is 44.8 Å². The van der Waals surface area contributed by atoms with Gasteiger partial charge in [-0.1, -0.05) is 18.2 Å². The molecule has 1 fully saturated rings. The van der Waals surface area contributed by atoms with Gasteiger partial charge in [0.05, 0.1) is 13.2 Å². The van der Waals surface area contributed by atoms with Gasteiger partial charge in [-0.25, -0.2) is 0 Å². The summed E-state index contributed by atoms with van der Waals surface area (Å²) in [6, 6.07) is 8.28. The Morgan fingerprint density at radius 3 is 2.83 bits per heavy atom. The minimum absolute atomic E-state index is 0.232. The smallest absolute Gasteiger partial charge is 0.228 e. The molecular weight excluding hydrogens is 290 g/mol. The number of para-hydroxylation sites is 1. The number of hydrogen-bond donors (Lipinski definition) is 1. The second-order valence-electron chi connectivity index (χ2n) is 6.23. The molecule has 126 valence electrons. The van der Waals surface area contributed by atoms with Crippen LogP contribution in [0.15, 0.2) is 24.3 Å². The summed E-state index contributed by atoms with van der Waals surface area (Å²) < 4.78 is 5.34. The van der Waals surface area contributed by atoms with Crippen molar-refractivity contribution in [1.29, 1.82) is 0 Å². The molecule has 1 amide bonds. The van der Waals surface area contributed by atoms with Crippen LogP contribution in [0.1, 0.15) is 18.4 Å². The van der Waals surface area contributed by atoms with Crippen LogP contribution in [0, 0.1) is 0 Å². The zero-order valence-corrected chi connectivity index (χ0v) is 13.8. The maximum absolute atomic E-state index is 12.5. The van der Waals surface area contributed by atoms with E-state index in [0.29, 0.717) is 6.42 Å². The van der Waals surface area contributed by atoms with Crippen LogP contribution in [0.2, 0.25) is 0 Å². The standard InChI is InChI=1S/C18H27N3O2/c22-18(7-8-19-9-11-20-12-14-23-15-13-20)21-10-3-5-16-4-1-2-6-17(16)21/h1-2,4,6,19H,3,5,7-15H2. The second-order valence-corrected chi connectivity index (χ2v) is 6.23. The molecule has 0 spiro atoms. The van der Waals surface area contributed by atoms with Crippen molar-refractivity contribution in [3.05, 3.63) is 29.8 Å². The van der Waals surface area contributed by atoms with E-state index in [-0.39, 0.29) is 5.91 Å². The summed E-state index contributed by atoms with van der Waals surface area (Å²) >= 11 is 0. The molecular formula is C18H27N3O2. The van der Waals surface area contributed by atoms with E-state index in [1.54, 1.807) is 0 Å². The maximum Gasteiger partial charge on any atom is 0.228 e. The van der Waals surface area contributed by atoms with Crippen LogP contribution in [0.25, 0.3) is 0 Å². The Morgan fingerprint density at radius 2 is 1.96 bits per heavy atom. The van der Waals surface area contributed by atoms with Crippen LogP contribution < -0.4 is 10.2 Å². The molecule has 23 heavy (non-hydrogen) atoms. The Kier molecular flexibility index (Phi) is 6.02. The number of amides is 1. The van der Waals surface area contributed by atoms with Gasteiger partial charge in [-0.2, -0.15) is 0 Å². The van der Waals surface area contributed by atoms with Crippen LogP contribution >= 0.6 is 0 Å². The van der Waals surface area contributed by atoms with Gasteiger partial charge < -0.3 is 15.0 Å². The summed E-state index contributed by atoms with van der Waals surface area (Å²) in [5.41, 5.74) is 2.41. The Balaban J connectivity index is 1.38. The minimum Gasteiger partial charge on any atom is -0.379 e. The van der Waals surface area contributed by atoms with Crippen molar-refractivity contribution in [2.75, 3.05) is 57.4 Å². The number of ether oxygens (including phenoxy) is 1. The second kappa shape index (κ2) is 8.43. The Hall–Kier alpha value is -1.43. The van der Waals surface area contributed by atoms with E-state index in [2.05, 4.69) is 28.4 Å². The lowest BCUT2D eigenvalue weighted by atomic mass is 10.0. The minimum atomic E-state index is 0.232. The van der Waals surface area contributed by atoms with E-state index in [1.165, 1.54) is 5.56 Å². The van der Waals surface area contributed by atoms with E-state index in [0.717, 1.165) is 71.0 Å². The molecule has 0 aromatic heterocycles. The van der Waals surface area contributed by atoms with Crippen molar-refractivity contribution in [2.45, 2.75) is 19.3 Å². The van der Waals surface area contributed by atoms with Crippen LogP contribution in [0.4, 0.5) is 5.69 Å². The van der Waals surface area contributed by atoms with Gasteiger partial charge in [-0.3, -0.25) is 9.69 Å². The van der Waals surface area contributed by atoms with Gasteiger partial charge in [0, 0.05) is 51.4 Å². The summed E-state index contributed by atoms with van der Waals surface area (Å²) in [5, 5.41) is 3.40. The number of nitrogens with one attached hydrogen (secondary N) is 1. The molecule has 1 N–H and O–H groups in total. The largest absolute Gasteiger partial charge is 0.379 e. The average molecular weight is 317 g/mol. The van der Waals surface area contributed by atoms with Crippen LogP contribution in [0.3, 0.4) is 0 Å². The summed E-state index contributed by atoms with van der Waals surface area (Å²) in [5.74, 6) is 0.232. The number of nitrogens with zero attached hydrogens (tertiary/aromatic N) is 2. The van der Waals surface area contributed by atoms with Gasteiger partial charge in [0.25, 0.3) is 0 Å². The third kappa shape index (κ3) is 4.53. The van der Waals surface area contributed by atoms with E-state index in [1.807, 2.05) is 11.0 Å². The first-order valence-corrected chi connectivity index (χ1v) is 8.74. The third-order valence-corrected chi connectivity index (χ3v) is 4.64. The summed E-state index contributed by atoms with van der Waals surface area (Å²) in [7, 11) is 0. The molecule has 5 nitrogen and oxygen atoms in total. The van der Waals surface area contributed by atoms with Gasteiger partial charge in [0.1, 0.15) is 0 Å². The van der Waals surface area contributed by atoms with E-state index >= 15 is 0 Å². The highest BCUT2D eigenvalue weighted by atomic mass is 16.5. The number of carbonyl (C=O) groups excluding carboxylic acids is 1. The molecule has 0 unspecified atom stereocenters. The van der Waals surface area contributed by atoms with Crippen molar-refractivity contribution in [1.82, 2.24) is 10.2 Å². The predicted octanol–water partition coefficient (Wildman–Crippen LogP) is 1.28. The molecule has 0 bridgehead atoms. The number of rotatable bonds is 6. The van der Waals surface area contributed by atoms with E-state index in [4.69, 9.17) is 4.74 Å². The van der Waals surface area contributed by atoms with Crippen LogP contribution in [0.5, 0.6) is 0 Å². The van der Waals surface area contributed by atoms with Gasteiger partial charge in [0.2, 0.25) is 5.91 Å². The number of aryl methyl sites for hydroxylation is 1. The molecule has 0 saturated carbocycles. The van der Waals surface area contributed by atoms with Crippen LogP contribution in [-0.2, 0) is 16.0 Å². The van der Waals surface area contributed by atoms with Gasteiger partial charge in [-0.15, -0.1) is 0 Å².